The maximum Gasteiger partial charge on any atom is 0.393 e. The van der Waals surface area contributed by atoms with Gasteiger partial charge in [0.2, 0.25) is 0 Å². The second-order valence-corrected chi connectivity index (χ2v) is 3.18. The normalized spacial score (nSPS) is 11.2. The molecule has 88 valence electrons. The standard InChI is InChI=1S/C10H9F3O3/c1-6(14)16-9-3-2-8(15)4-7(9)5-10(11,12)13/h2-4,15H,5H2,1H3. The van der Waals surface area contributed by atoms with Gasteiger partial charge in [0.25, 0.3) is 0 Å². The lowest BCUT2D eigenvalue weighted by atomic mass is 10.1. The number of ether oxygens (including phenoxy) is 1. The van der Waals surface area contributed by atoms with Crippen LogP contribution in [0, 0.1) is 0 Å². The van der Waals surface area contributed by atoms with E-state index in [9.17, 15) is 18.0 Å². The van der Waals surface area contributed by atoms with Crippen LogP contribution in [0.25, 0.3) is 0 Å². The first kappa shape index (κ1) is 12.4. The smallest absolute Gasteiger partial charge is 0.393 e. The van der Waals surface area contributed by atoms with Crippen molar-refractivity contribution in [2.75, 3.05) is 0 Å². The molecule has 1 aromatic carbocycles. The molecule has 0 aromatic heterocycles. The molecule has 1 aromatic rings. The Morgan fingerprint density at radius 1 is 1.44 bits per heavy atom. The van der Waals surface area contributed by atoms with Crippen molar-refractivity contribution in [3.8, 4) is 11.5 Å². The van der Waals surface area contributed by atoms with Gasteiger partial charge in [0.1, 0.15) is 11.5 Å². The van der Waals surface area contributed by atoms with Crippen LogP contribution in [-0.4, -0.2) is 17.3 Å². The van der Waals surface area contributed by atoms with E-state index < -0.39 is 18.6 Å². The average molecular weight is 234 g/mol. The largest absolute Gasteiger partial charge is 0.508 e. The van der Waals surface area contributed by atoms with E-state index in [1.807, 2.05) is 0 Å². The first-order chi connectivity index (χ1) is 7.28. The lowest BCUT2D eigenvalue weighted by molar-refractivity contribution is -0.134. The van der Waals surface area contributed by atoms with Crippen LogP contribution < -0.4 is 4.74 Å². The monoisotopic (exact) mass is 234 g/mol. The molecule has 0 aliphatic heterocycles. The summed E-state index contributed by atoms with van der Waals surface area (Å²) in [6, 6.07) is 3.20. The number of hydrogen-bond acceptors (Lipinski definition) is 3. The van der Waals surface area contributed by atoms with Crippen molar-refractivity contribution in [2.24, 2.45) is 0 Å². The molecule has 0 radical (unpaired) electrons. The minimum absolute atomic E-state index is 0.192. The maximum atomic E-state index is 12.2. The topological polar surface area (TPSA) is 46.5 Å². The Morgan fingerprint density at radius 2 is 2.06 bits per heavy atom. The summed E-state index contributed by atoms with van der Waals surface area (Å²) in [5, 5.41) is 9.06. The molecule has 0 atom stereocenters. The van der Waals surface area contributed by atoms with Gasteiger partial charge in [-0.2, -0.15) is 13.2 Å². The molecule has 0 aliphatic rings. The predicted molar refractivity (Wildman–Crippen MR) is 49.2 cm³/mol. The Kier molecular flexibility index (Phi) is 3.41. The summed E-state index contributed by atoms with van der Waals surface area (Å²) in [7, 11) is 0. The van der Waals surface area contributed by atoms with E-state index in [0.717, 1.165) is 25.1 Å². The van der Waals surface area contributed by atoms with E-state index in [2.05, 4.69) is 4.74 Å². The highest BCUT2D eigenvalue weighted by Gasteiger charge is 2.29. The lowest BCUT2D eigenvalue weighted by Crippen LogP contribution is -2.13. The lowest BCUT2D eigenvalue weighted by Gasteiger charge is -2.11. The number of aromatic hydroxyl groups is 1. The van der Waals surface area contributed by atoms with Crippen molar-refractivity contribution in [1.82, 2.24) is 0 Å². The zero-order valence-electron chi connectivity index (χ0n) is 8.34. The molecule has 0 amide bonds. The van der Waals surface area contributed by atoms with Crippen molar-refractivity contribution in [3.05, 3.63) is 23.8 Å². The highest BCUT2D eigenvalue weighted by molar-refractivity contribution is 5.70. The van der Waals surface area contributed by atoms with Crippen LogP contribution in [0.4, 0.5) is 13.2 Å². The summed E-state index contributed by atoms with van der Waals surface area (Å²) in [5.74, 6) is -1.22. The zero-order chi connectivity index (χ0) is 12.3. The quantitative estimate of drug-likeness (QED) is 0.631. The van der Waals surface area contributed by atoms with Gasteiger partial charge in [-0.25, -0.2) is 0 Å². The maximum absolute atomic E-state index is 12.2. The minimum Gasteiger partial charge on any atom is -0.508 e. The van der Waals surface area contributed by atoms with Crippen molar-refractivity contribution in [3.63, 3.8) is 0 Å². The summed E-state index contributed by atoms with van der Waals surface area (Å²) >= 11 is 0. The molecule has 0 saturated carbocycles. The summed E-state index contributed by atoms with van der Waals surface area (Å²) < 4.78 is 41.1. The second-order valence-electron chi connectivity index (χ2n) is 3.18. The number of carbonyl (C=O) groups is 1. The van der Waals surface area contributed by atoms with Gasteiger partial charge in [0.15, 0.2) is 0 Å². The van der Waals surface area contributed by atoms with Gasteiger partial charge in [-0.05, 0) is 18.2 Å². The molecule has 16 heavy (non-hydrogen) atoms. The first-order valence-electron chi connectivity index (χ1n) is 4.35. The van der Waals surface area contributed by atoms with Gasteiger partial charge in [-0.15, -0.1) is 0 Å². The summed E-state index contributed by atoms with van der Waals surface area (Å²) in [5.41, 5.74) is -0.275. The molecule has 0 bridgehead atoms. The van der Waals surface area contributed by atoms with Gasteiger partial charge in [-0.3, -0.25) is 4.79 Å². The van der Waals surface area contributed by atoms with Crippen molar-refractivity contribution in [1.29, 1.82) is 0 Å². The van der Waals surface area contributed by atoms with Gasteiger partial charge >= 0.3 is 12.1 Å². The van der Waals surface area contributed by atoms with Crippen molar-refractivity contribution in [2.45, 2.75) is 19.5 Å². The molecule has 1 rings (SSSR count). The molecule has 3 nitrogen and oxygen atoms in total. The highest BCUT2D eigenvalue weighted by atomic mass is 19.4. The molecule has 0 unspecified atom stereocenters. The third kappa shape index (κ3) is 3.80. The molecule has 6 heteroatoms. The second kappa shape index (κ2) is 4.42. The fourth-order valence-corrected chi connectivity index (χ4v) is 1.17. The number of carbonyl (C=O) groups excluding carboxylic acids is 1. The van der Waals surface area contributed by atoms with Crippen molar-refractivity contribution < 1.29 is 27.8 Å². The molecular weight excluding hydrogens is 225 g/mol. The van der Waals surface area contributed by atoms with Crippen molar-refractivity contribution >= 4 is 5.97 Å². The minimum atomic E-state index is -4.43. The van der Waals surface area contributed by atoms with Crippen LogP contribution in [0.1, 0.15) is 12.5 Å². The number of esters is 1. The average Bonchev–Trinajstić information content (AvgIpc) is 2.06. The first-order valence-corrected chi connectivity index (χ1v) is 4.35. The number of halogens is 3. The third-order valence-electron chi connectivity index (χ3n) is 1.69. The highest BCUT2D eigenvalue weighted by Crippen LogP contribution is 2.30. The number of alkyl halides is 3. The Labute approximate surface area is 89.5 Å². The predicted octanol–water partition coefficient (Wildman–Crippen LogP) is 2.42. The Hall–Kier alpha value is -1.72. The van der Waals surface area contributed by atoms with Gasteiger partial charge in [0, 0.05) is 12.5 Å². The zero-order valence-corrected chi connectivity index (χ0v) is 8.34. The Balaban J connectivity index is 3.03. The summed E-state index contributed by atoms with van der Waals surface area (Å²) in [6.07, 6.45) is -5.69. The number of phenols is 1. The summed E-state index contributed by atoms with van der Waals surface area (Å²) in [6.45, 7) is 1.09. The third-order valence-corrected chi connectivity index (χ3v) is 1.69. The SMILES string of the molecule is CC(=O)Oc1ccc(O)cc1CC(F)(F)F. The fraction of sp³-hybridized carbons (Fsp3) is 0.300. The van der Waals surface area contributed by atoms with E-state index in [1.165, 1.54) is 0 Å². The molecule has 0 aliphatic carbocycles. The van der Waals surface area contributed by atoms with Crippen LogP contribution in [0.5, 0.6) is 11.5 Å². The Bertz CT molecular complexity index is 399. The number of hydrogen-bond donors (Lipinski definition) is 1. The van der Waals surface area contributed by atoms with Crippen LogP contribution in [0.2, 0.25) is 0 Å². The molecule has 0 heterocycles. The van der Waals surface area contributed by atoms with Gasteiger partial charge in [0.05, 0.1) is 6.42 Å². The van der Waals surface area contributed by atoms with Crippen LogP contribution in [0.3, 0.4) is 0 Å². The van der Waals surface area contributed by atoms with E-state index in [1.54, 1.807) is 0 Å². The number of rotatable bonds is 2. The van der Waals surface area contributed by atoms with Crippen LogP contribution in [0.15, 0.2) is 18.2 Å². The molecule has 0 spiro atoms. The van der Waals surface area contributed by atoms with E-state index in [4.69, 9.17) is 5.11 Å². The van der Waals surface area contributed by atoms with Crippen LogP contribution >= 0.6 is 0 Å². The summed E-state index contributed by atoms with van der Waals surface area (Å²) in [4.78, 5) is 10.6. The van der Waals surface area contributed by atoms with Gasteiger partial charge in [-0.1, -0.05) is 0 Å². The fourth-order valence-electron chi connectivity index (χ4n) is 1.17. The van der Waals surface area contributed by atoms with E-state index in [0.29, 0.717) is 0 Å². The molecular formula is C10H9F3O3. The number of benzene rings is 1. The van der Waals surface area contributed by atoms with E-state index in [-0.39, 0.29) is 17.1 Å². The number of phenolic OH excluding ortho intramolecular Hbond substituents is 1. The Morgan fingerprint density at radius 3 is 2.56 bits per heavy atom. The molecule has 0 saturated heterocycles. The molecule has 0 fully saturated rings. The van der Waals surface area contributed by atoms with Gasteiger partial charge < -0.3 is 9.84 Å². The van der Waals surface area contributed by atoms with E-state index >= 15 is 0 Å². The molecule has 1 N–H and O–H groups in total. The van der Waals surface area contributed by atoms with Crippen LogP contribution in [-0.2, 0) is 11.2 Å².